The van der Waals surface area contributed by atoms with Gasteiger partial charge in [-0.3, -0.25) is 9.89 Å². The molecule has 1 aromatic carbocycles. The highest BCUT2D eigenvalue weighted by atomic mass is 19.1. The molecule has 0 radical (unpaired) electrons. The van der Waals surface area contributed by atoms with Gasteiger partial charge in [-0.1, -0.05) is 19.1 Å². The first kappa shape index (κ1) is 16.2. The molecular formula is C16H20FN3O2. The third-order valence-corrected chi connectivity index (χ3v) is 3.45. The molecule has 1 aromatic heterocycles. The van der Waals surface area contributed by atoms with Crippen LogP contribution in [0.15, 0.2) is 30.3 Å². The number of hydrogen-bond donors (Lipinski definition) is 3. The first-order chi connectivity index (χ1) is 10.5. The number of carbonyl (C=O) groups excluding carboxylic acids is 1. The predicted molar refractivity (Wildman–Crippen MR) is 80.9 cm³/mol. The zero-order valence-electron chi connectivity index (χ0n) is 12.6. The van der Waals surface area contributed by atoms with Crippen molar-refractivity contribution in [2.75, 3.05) is 0 Å². The molecule has 6 heteroatoms. The number of aromatic nitrogens is 2. The lowest BCUT2D eigenvalue weighted by Gasteiger charge is -2.17. The van der Waals surface area contributed by atoms with Crippen molar-refractivity contribution in [3.63, 3.8) is 0 Å². The minimum atomic E-state index is -0.763. The second-order valence-electron chi connectivity index (χ2n) is 5.31. The summed E-state index contributed by atoms with van der Waals surface area (Å²) in [6.45, 7) is 3.77. The normalized spacial score (nSPS) is 13.6. The van der Waals surface area contributed by atoms with E-state index in [0.29, 0.717) is 17.7 Å². The number of amides is 1. The zero-order valence-corrected chi connectivity index (χ0v) is 12.6. The van der Waals surface area contributed by atoms with Gasteiger partial charge in [0.25, 0.3) is 5.91 Å². The summed E-state index contributed by atoms with van der Waals surface area (Å²) in [7, 11) is 0. The molecule has 0 aliphatic carbocycles. The largest absolute Gasteiger partial charge is 0.388 e. The molecule has 118 valence electrons. The van der Waals surface area contributed by atoms with E-state index in [1.165, 1.54) is 24.3 Å². The van der Waals surface area contributed by atoms with Crippen molar-refractivity contribution in [3.05, 3.63) is 53.1 Å². The molecule has 0 aliphatic heterocycles. The smallest absolute Gasteiger partial charge is 0.271 e. The fourth-order valence-electron chi connectivity index (χ4n) is 2.17. The lowest BCUT2D eigenvalue weighted by atomic mass is 10.0. The van der Waals surface area contributed by atoms with Crippen LogP contribution in [-0.2, 0) is 6.42 Å². The number of aryl methyl sites for hydroxylation is 1. The van der Waals surface area contributed by atoms with Crippen molar-refractivity contribution in [1.82, 2.24) is 15.5 Å². The van der Waals surface area contributed by atoms with Crippen LogP contribution in [0.4, 0.5) is 4.39 Å². The third-order valence-electron chi connectivity index (χ3n) is 3.45. The van der Waals surface area contributed by atoms with Gasteiger partial charge in [0, 0.05) is 11.7 Å². The number of rotatable bonds is 6. The molecule has 5 nitrogen and oxygen atoms in total. The van der Waals surface area contributed by atoms with E-state index in [9.17, 15) is 14.3 Å². The van der Waals surface area contributed by atoms with Crippen LogP contribution in [0.25, 0.3) is 0 Å². The third kappa shape index (κ3) is 4.14. The average molecular weight is 305 g/mol. The molecule has 0 bridgehead atoms. The summed E-state index contributed by atoms with van der Waals surface area (Å²) < 4.78 is 12.9. The summed E-state index contributed by atoms with van der Waals surface area (Å²) in [6, 6.07) is 7.15. The molecular weight excluding hydrogens is 285 g/mol. The number of aliphatic hydroxyl groups excluding tert-OH is 1. The molecule has 2 aromatic rings. The summed E-state index contributed by atoms with van der Waals surface area (Å²) in [5.41, 5.74) is 1.85. The Hall–Kier alpha value is -2.21. The fraction of sp³-hybridized carbons (Fsp3) is 0.375. The number of halogens is 1. The SMILES string of the molecule is CCc1cc(C(=O)NC(C)CC(O)c2ccc(F)cc2)n[nH]1. The van der Waals surface area contributed by atoms with Crippen molar-refractivity contribution in [2.24, 2.45) is 0 Å². The number of H-pyrrole nitrogens is 1. The molecule has 2 unspecified atom stereocenters. The van der Waals surface area contributed by atoms with Gasteiger partial charge in [0.1, 0.15) is 11.5 Å². The number of carbonyl (C=O) groups is 1. The summed E-state index contributed by atoms with van der Waals surface area (Å²) in [5.74, 6) is -0.627. The molecule has 3 N–H and O–H groups in total. The monoisotopic (exact) mass is 305 g/mol. The molecule has 1 amide bonds. The number of hydrogen-bond acceptors (Lipinski definition) is 3. The molecule has 0 spiro atoms. The topological polar surface area (TPSA) is 78.0 Å². The van der Waals surface area contributed by atoms with Gasteiger partial charge in [-0.15, -0.1) is 0 Å². The first-order valence-electron chi connectivity index (χ1n) is 7.28. The number of nitrogens with one attached hydrogen (secondary N) is 2. The second kappa shape index (κ2) is 7.17. The highest BCUT2D eigenvalue weighted by molar-refractivity contribution is 5.92. The van der Waals surface area contributed by atoms with Gasteiger partial charge in [-0.05, 0) is 43.5 Å². The Morgan fingerprint density at radius 3 is 2.68 bits per heavy atom. The van der Waals surface area contributed by atoms with Crippen molar-refractivity contribution < 1.29 is 14.3 Å². The van der Waals surface area contributed by atoms with Crippen LogP contribution >= 0.6 is 0 Å². The molecule has 1 heterocycles. The summed E-state index contributed by atoms with van der Waals surface area (Å²) >= 11 is 0. The van der Waals surface area contributed by atoms with Gasteiger partial charge in [0.15, 0.2) is 0 Å². The van der Waals surface area contributed by atoms with Gasteiger partial charge in [-0.25, -0.2) is 4.39 Å². The van der Waals surface area contributed by atoms with Gasteiger partial charge in [0.2, 0.25) is 0 Å². The van der Waals surface area contributed by atoms with E-state index in [2.05, 4.69) is 15.5 Å². The van der Waals surface area contributed by atoms with E-state index in [4.69, 9.17) is 0 Å². The first-order valence-corrected chi connectivity index (χ1v) is 7.28. The van der Waals surface area contributed by atoms with Crippen molar-refractivity contribution in [3.8, 4) is 0 Å². The van der Waals surface area contributed by atoms with Crippen LogP contribution in [0.5, 0.6) is 0 Å². The lowest BCUT2D eigenvalue weighted by molar-refractivity contribution is 0.0912. The minimum absolute atomic E-state index is 0.241. The van der Waals surface area contributed by atoms with Gasteiger partial charge >= 0.3 is 0 Å². The standard InChI is InChI=1S/C16H20FN3O2/c1-3-13-9-14(20-19-13)16(22)18-10(2)8-15(21)11-4-6-12(17)7-5-11/h4-7,9-10,15,21H,3,8H2,1-2H3,(H,18,22)(H,19,20). The fourth-order valence-corrected chi connectivity index (χ4v) is 2.17. The Labute approximate surface area is 128 Å². The highest BCUT2D eigenvalue weighted by Gasteiger charge is 2.17. The number of benzene rings is 1. The lowest BCUT2D eigenvalue weighted by Crippen LogP contribution is -2.34. The zero-order chi connectivity index (χ0) is 16.1. The molecule has 0 saturated carbocycles. The van der Waals surface area contributed by atoms with Crippen LogP contribution in [0.3, 0.4) is 0 Å². The van der Waals surface area contributed by atoms with E-state index in [1.807, 2.05) is 6.92 Å². The van der Waals surface area contributed by atoms with Crippen molar-refractivity contribution in [1.29, 1.82) is 0 Å². The maximum Gasteiger partial charge on any atom is 0.271 e. The van der Waals surface area contributed by atoms with Gasteiger partial charge in [-0.2, -0.15) is 5.10 Å². The van der Waals surface area contributed by atoms with Crippen LogP contribution in [0, 0.1) is 5.82 Å². The van der Waals surface area contributed by atoms with Gasteiger partial charge < -0.3 is 10.4 Å². The van der Waals surface area contributed by atoms with Crippen LogP contribution in [-0.4, -0.2) is 27.3 Å². The Bertz CT molecular complexity index is 625. The predicted octanol–water partition coefficient (Wildman–Crippen LogP) is 2.35. The molecule has 2 rings (SSSR count). The summed E-state index contributed by atoms with van der Waals surface area (Å²) in [6.07, 6.45) is 0.350. The maximum absolute atomic E-state index is 12.9. The van der Waals surface area contributed by atoms with E-state index in [-0.39, 0.29) is 17.8 Å². The van der Waals surface area contributed by atoms with E-state index in [0.717, 1.165) is 12.1 Å². The molecule has 0 fully saturated rings. The quantitative estimate of drug-likeness (QED) is 0.766. The molecule has 22 heavy (non-hydrogen) atoms. The van der Waals surface area contributed by atoms with E-state index >= 15 is 0 Å². The maximum atomic E-state index is 12.9. The Morgan fingerprint density at radius 1 is 1.41 bits per heavy atom. The number of aliphatic hydroxyl groups is 1. The Morgan fingerprint density at radius 2 is 2.09 bits per heavy atom. The van der Waals surface area contributed by atoms with Crippen LogP contribution in [0.1, 0.15) is 48.1 Å². The van der Waals surface area contributed by atoms with Gasteiger partial charge in [0.05, 0.1) is 6.10 Å². The van der Waals surface area contributed by atoms with Crippen molar-refractivity contribution >= 4 is 5.91 Å². The van der Waals surface area contributed by atoms with E-state index < -0.39 is 6.10 Å². The Balaban J connectivity index is 1.90. The van der Waals surface area contributed by atoms with E-state index in [1.54, 1.807) is 13.0 Å². The van der Waals surface area contributed by atoms with Crippen LogP contribution in [0.2, 0.25) is 0 Å². The van der Waals surface area contributed by atoms with Crippen LogP contribution < -0.4 is 5.32 Å². The molecule has 0 aliphatic rings. The second-order valence-corrected chi connectivity index (χ2v) is 5.31. The Kier molecular flexibility index (Phi) is 5.27. The average Bonchev–Trinajstić information content (AvgIpc) is 2.96. The number of nitrogens with zero attached hydrogens (tertiary/aromatic N) is 1. The molecule has 0 saturated heterocycles. The minimum Gasteiger partial charge on any atom is -0.388 e. The molecule has 2 atom stereocenters. The van der Waals surface area contributed by atoms with Crippen molar-refractivity contribution in [2.45, 2.75) is 38.8 Å². The summed E-state index contributed by atoms with van der Waals surface area (Å²) in [4.78, 5) is 12.0. The highest BCUT2D eigenvalue weighted by Crippen LogP contribution is 2.18. The number of aromatic amines is 1. The summed E-state index contributed by atoms with van der Waals surface area (Å²) in [5, 5.41) is 19.6.